The van der Waals surface area contributed by atoms with Gasteiger partial charge in [0, 0.05) is 30.2 Å². The van der Waals surface area contributed by atoms with Gasteiger partial charge in [0.1, 0.15) is 0 Å². The number of tetrazole rings is 1. The van der Waals surface area contributed by atoms with Crippen LogP contribution in [0.1, 0.15) is 22.3 Å². The van der Waals surface area contributed by atoms with E-state index < -0.39 is 23.5 Å². The average Bonchev–Trinajstić information content (AvgIpc) is 3.36. The van der Waals surface area contributed by atoms with E-state index in [-0.39, 0.29) is 30.7 Å². The topological polar surface area (TPSA) is 73.5 Å². The van der Waals surface area contributed by atoms with Crippen LogP contribution in [0.15, 0.2) is 48.7 Å². The summed E-state index contributed by atoms with van der Waals surface area (Å²) in [6.07, 6.45) is -8.14. The number of hydrogen-bond acceptors (Lipinski definition) is 4. The van der Waals surface area contributed by atoms with Crippen molar-refractivity contribution in [1.29, 1.82) is 0 Å². The summed E-state index contributed by atoms with van der Waals surface area (Å²) < 4.78 is 79.2. The maximum absolute atomic E-state index is 13.2. The van der Waals surface area contributed by atoms with Gasteiger partial charge in [-0.1, -0.05) is 23.3 Å². The van der Waals surface area contributed by atoms with Crippen LogP contribution in [0.5, 0.6) is 0 Å². The van der Waals surface area contributed by atoms with Gasteiger partial charge < -0.3 is 9.88 Å². The predicted octanol–water partition coefficient (Wildman–Crippen LogP) is 4.93. The van der Waals surface area contributed by atoms with Gasteiger partial charge in [0.05, 0.1) is 11.1 Å². The zero-order valence-electron chi connectivity index (χ0n) is 15.6. The molecule has 4 rings (SSSR count). The number of fused-ring (bicyclic) bond motifs is 1. The summed E-state index contributed by atoms with van der Waals surface area (Å²) in [5.41, 5.74) is -1.34. The normalized spacial score (nSPS) is 12.5. The Labute approximate surface area is 170 Å². The monoisotopic (exact) mass is 440 g/mol. The van der Waals surface area contributed by atoms with E-state index in [1.54, 1.807) is 6.20 Å². The summed E-state index contributed by atoms with van der Waals surface area (Å²) >= 11 is 0. The summed E-state index contributed by atoms with van der Waals surface area (Å²) in [5.74, 6) is 0.0382. The largest absolute Gasteiger partial charge is 0.416 e. The molecule has 12 heteroatoms. The number of hydrogen-bond donors (Lipinski definition) is 2. The maximum atomic E-state index is 13.2. The van der Waals surface area contributed by atoms with Crippen molar-refractivity contribution in [2.75, 3.05) is 4.90 Å². The molecule has 0 bridgehead atoms. The number of alkyl halides is 6. The first-order chi connectivity index (χ1) is 14.6. The molecule has 0 aliphatic heterocycles. The van der Waals surface area contributed by atoms with Crippen LogP contribution in [0.2, 0.25) is 0 Å². The second kappa shape index (κ2) is 7.60. The Kier molecular flexibility index (Phi) is 5.07. The molecular weight excluding hydrogens is 426 g/mol. The van der Waals surface area contributed by atoms with Crippen LogP contribution in [0.25, 0.3) is 10.9 Å². The lowest BCUT2D eigenvalue weighted by molar-refractivity contribution is -0.143. The molecule has 6 nitrogen and oxygen atoms in total. The highest BCUT2D eigenvalue weighted by atomic mass is 19.4. The highest BCUT2D eigenvalue weighted by Gasteiger charge is 2.37. The van der Waals surface area contributed by atoms with Crippen LogP contribution in [0.4, 0.5) is 32.3 Å². The van der Waals surface area contributed by atoms with Crippen molar-refractivity contribution in [3.63, 3.8) is 0 Å². The van der Waals surface area contributed by atoms with Gasteiger partial charge in [-0.25, -0.2) is 0 Å². The van der Waals surface area contributed by atoms with Gasteiger partial charge in [-0.15, -0.1) is 5.10 Å². The number of anilines is 1. The highest BCUT2D eigenvalue weighted by molar-refractivity contribution is 5.83. The van der Waals surface area contributed by atoms with E-state index in [0.717, 1.165) is 16.5 Å². The summed E-state index contributed by atoms with van der Waals surface area (Å²) in [6, 6.07) is 8.83. The lowest BCUT2D eigenvalue weighted by Gasteiger charge is -2.22. The summed E-state index contributed by atoms with van der Waals surface area (Å²) in [4.78, 5) is 4.51. The van der Waals surface area contributed by atoms with Crippen LogP contribution in [0.3, 0.4) is 0 Å². The molecule has 0 radical (unpaired) electrons. The summed E-state index contributed by atoms with van der Waals surface area (Å²) in [6.45, 7) is -0.173. The van der Waals surface area contributed by atoms with E-state index in [0.29, 0.717) is 12.1 Å². The molecule has 0 spiro atoms. The third-order valence-electron chi connectivity index (χ3n) is 4.67. The Morgan fingerprint density at radius 3 is 2.16 bits per heavy atom. The molecule has 0 amide bonds. The number of halogens is 6. The predicted molar refractivity (Wildman–Crippen MR) is 98.8 cm³/mol. The lowest BCUT2D eigenvalue weighted by Crippen LogP contribution is -2.24. The van der Waals surface area contributed by atoms with Crippen molar-refractivity contribution in [2.24, 2.45) is 0 Å². The molecule has 0 saturated carbocycles. The first-order valence-electron chi connectivity index (χ1n) is 8.93. The minimum atomic E-state index is -4.93. The van der Waals surface area contributed by atoms with Crippen LogP contribution in [0, 0.1) is 0 Å². The van der Waals surface area contributed by atoms with Gasteiger partial charge in [-0.05, 0) is 40.6 Å². The standard InChI is InChI=1S/C19H14F6N6/c20-18(21,22)13-5-11(6-14(7-13)19(23,24)25)9-31(17-27-29-30-28-17)10-12-8-26-16-4-2-1-3-15(12)16/h1-8,26H,9-10H2,(H,27,28,29,30). The fourth-order valence-corrected chi connectivity index (χ4v) is 3.29. The van der Waals surface area contributed by atoms with E-state index in [9.17, 15) is 26.3 Å². The molecule has 2 heterocycles. The van der Waals surface area contributed by atoms with Crippen molar-refractivity contribution in [2.45, 2.75) is 25.4 Å². The number of aromatic amines is 2. The van der Waals surface area contributed by atoms with Crippen LogP contribution in [-0.2, 0) is 25.4 Å². The molecular formula is C19H14F6N6. The van der Waals surface area contributed by atoms with E-state index >= 15 is 0 Å². The summed E-state index contributed by atoms with van der Waals surface area (Å²) in [5, 5.41) is 14.2. The second-order valence-electron chi connectivity index (χ2n) is 6.84. The fourth-order valence-electron chi connectivity index (χ4n) is 3.29. The first kappa shape index (κ1) is 20.7. The van der Waals surface area contributed by atoms with Crippen LogP contribution >= 0.6 is 0 Å². The molecule has 31 heavy (non-hydrogen) atoms. The van der Waals surface area contributed by atoms with Gasteiger partial charge in [0.2, 0.25) is 0 Å². The maximum Gasteiger partial charge on any atom is 0.416 e. The molecule has 0 aliphatic rings. The smallest absolute Gasteiger partial charge is 0.361 e. The number of nitrogens with one attached hydrogen (secondary N) is 2. The number of benzene rings is 2. The molecule has 2 aromatic heterocycles. The van der Waals surface area contributed by atoms with Gasteiger partial charge in [0.25, 0.3) is 5.95 Å². The highest BCUT2D eigenvalue weighted by Crippen LogP contribution is 2.37. The summed E-state index contributed by atoms with van der Waals surface area (Å²) in [7, 11) is 0. The third kappa shape index (κ3) is 4.47. The second-order valence-corrected chi connectivity index (χ2v) is 6.84. The molecule has 0 saturated heterocycles. The Morgan fingerprint density at radius 2 is 1.55 bits per heavy atom. The lowest BCUT2D eigenvalue weighted by atomic mass is 10.0. The number of H-pyrrole nitrogens is 2. The number of para-hydroxylation sites is 1. The number of aromatic nitrogens is 5. The molecule has 162 valence electrons. The van der Waals surface area contributed by atoms with Gasteiger partial charge in [-0.3, -0.25) is 0 Å². The van der Waals surface area contributed by atoms with Gasteiger partial charge in [0.15, 0.2) is 0 Å². The van der Waals surface area contributed by atoms with Crippen molar-refractivity contribution in [3.05, 3.63) is 70.9 Å². The van der Waals surface area contributed by atoms with Crippen molar-refractivity contribution in [3.8, 4) is 0 Å². The minimum absolute atomic E-state index is 0.0382. The van der Waals surface area contributed by atoms with Crippen molar-refractivity contribution >= 4 is 16.9 Å². The SMILES string of the molecule is FC(F)(F)c1cc(CN(Cc2c[nH]c3ccccc23)c2nn[nH]n2)cc(C(F)(F)F)c1. The third-order valence-corrected chi connectivity index (χ3v) is 4.67. The molecule has 0 atom stereocenters. The molecule has 0 unspecified atom stereocenters. The van der Waals surface area contributed by atoms with Gasteiger partial charge in [-0.2, -0.15) is 31.6 Å². The van der Waals surface area contributed by atoms with Crippen LogP contribution < -0.4 is 4.90 Å². The van der Waals surface area contributed by atoms with E-state index in [1.165, 1.54) is 4.90 Å². The zero-order chi connectivity index (χ0) is 22.2. The average molecular weight is 440 g/mol. The Balaban J connectivity index is 1.72. The molecule has 2 aromatic carbocycles. The molecule has 4 aromatic rings. The quantitative estimate of drug-likeness (QED) is 0.432. The van der Waals surface area contributed by atoms with E-state index in [2.05, 4.69) is 25.6 Å². The first-order valence-corrected chi connectivity index (χ1v) is 8.93. The Bertz CT molecular complexity index is 1150. The zero-order valence-corrected chi connectivity index (χ0v) is 15.6. The Morgan fingerprint density at radius 1 is 0.871 bits per heavy atom. The molecule has 0 aliphatic carbocycles. The minimum Gasteiger partial charge on any atom is -0.361 e. The Hall–Kier alpha value is -3.57. The number of nitrogens with zero attached hydrogens (tertiary/aromatic N) is 4. The number of rotatable bonds is 5. The fraction of sp³-hybridized carbons (Fsp3) is 0.211. The van der Waals surface area contributed by atoms with E-state index in [1.807, 2.05) is 24.3 Å². The van der Waals surface area contributed by atoms with Gasteiger partial charge >= 0.3 is 12.4 Å². The molecule has 2 N–H and O–H groups in total. The van der Waals surface area contributed by atoms with Crippen LogP contribution in [-0.4, -0.2) is 25.6 Å². The van der Waals surface area contributed by atoms with Crippen molar-refractivity contribution < 1.29 is 26.3 Å². The van der Waals surface area contributed by atoms with Crippen molar-refractivity contribution in [1.82, 2.24) is 25.6 Å². The van der Waals surface area contributed by atoms with E-state index in [4.69, 9.17) is 0 Å². The molecule has 0 fully saturated rings.